The fraction of sp³-hybridized carbons (Fsp3) is 0.837. The van der Waals surface area contributed by atoms with Crippen LogP contribution in [0.5, 0.6) is 0 Å². The molecule has 0 N–H and O–H groups in total. The quantitative estimate of drug-likeness (QED) is 0.0273. The van der Waals surface area contributed by atoms with Crippen LogP contribution in [-0.4, -0.2) is 75.5 Å². The van der Waals surface area contributed by atoms with Gasteiger partial charge in [-0.1, -0.05) is 122 Å². The van der Waals surface area contributed by atoms with Crippen LogP contribution in [0.15, 0.2) is 24.3 Å². The van der Waals surface area contributed by atoms with Crippen LogP contribution in [0.4, 0.5) is 0 Å². The molecular weight excluding hydrogens is 642 g/mol. The minimum Gasteiger partial charge on any atom is -0.544 e. The number of quaternary nitrogens is 1. The van der Waals surface area contributed by atoms with E-state index in [1.165, 1.54) is 83.5 Å². The van der Waals surface area contributed by atoms with E-state index < -0.39 is 18.1 Å². The predicted octanol–water partition coefficient (Wildman–Crippen LogP) is 9.58. The summed E-state index contributed by atoms with van der Waals surface area (Å²) in [6.07, 6.45) is 36.3. The van der Waals surface area contributed by atoms with Crippen LogP contribution in [0.3, 0.4) is 0 Å². The topological polar surface area (TPSA) is 102 Å². The molecule has 0 aromatic carbocycles. The normalized spacial score (nSPS) is 13.2. The highest BCUT2D eigenvalue weighted by Gasteiger charge is 2.25. The summed E-state index contributed by atoms with van der Waals surface area (Å²) in [5.74, 6) is -1.77. The number of nitrogens with zero attached hydrogens (tertiary/aromatic N) is 1. The van der Waals surface area contributed by atoms with Crippen LogP contribution in [0.2, 0.25) is 0 Å². The summed E-state index contributed by atoms with van der Waals surface area (Å²) in [6, 6.07) is -0.727. The second-order valence-corrected chi connectivity index (χ2v) is 15.2. The molecule has 0 rings (SSSR count). The summed E-state index contributed by atoms with van der Waals surface area (Å²) in [4.78, 5) is 36.7. The molecule has 0 saturated carbocycles. The Morgan fingerprint density at radius 1 is 0.569 bits per heavy atom. The molecule has 0 aromatic heterocycles. The molecule has 8 nitrogen and oxygen atoms in total. The Morgan fingerprint density at radius 3 is 1.41 bits per heavy atom. The van der Waals surface area contributed by atoms with Gasteiger partial charge in [-0.2, -0.15) is 0 Å². The third-order valence-electron chi connectivity index (χ3n) is 9.31. The lowest BCUT2D eigenvalue weighted by Crippen LogP contribution is -2.55. The van der Waals surface area contributed by atoms with E-state index >= 15 is 0 Å². The van der Waals surface area contributed by atoms with Gasteiger partial charge >= 0.3 is 11.9 Å². The number of hydrogen-bond donors (Lipinski definition) is 0. The first-order valence-corrected chi connectivity index (χ1v) is 20.9. The van der Waals surface area contributed by atoms with E-state index in [-0.39, 0.29) is 42.7 Å². The van der Waals surface area contributed by atoms with Crippen LogP contribution in [0.25, 0.3) is 0 Å². The van der Waals surface area contributed by atoms with Gasteiger partial charge in [0.15, 0.2) is 6.10 Å². The van der Waals surface area contributed by atoms with Gasteiger partial charge in [-0.15, -0.1) is 0 Å². The van der Waals surface area contributed by atoms with Crippen molar-refractivity contribution >= 4 is 17.9 Å². The Bertz CT molecular complexity index is 895. The summed E-state index contributed by atoms with van der Waals surface area (Å²) in [6.45, 7) is 4.61. The molecule has 0 aliphatic heterocycles. The van der Waals surface area contributed by atoms with E-state index in [2.05, 4.69) is 38.2 Å². The Kier molecular flexibility index (Phi) is 33.4. The number of esters is 2. The second kappa shape index (κ2) is 34.9. The third-order valence-corrected chi connectivity index (χ3v) is 9.31. The van der Waals surface area contributed by atoms with Gasteiger partial charge in [0, 0.05) is 19.3 Å². The van der Waals surface area contributed by atoms with Crippen LogP contribution in [0, 0.1) is 0 Å². The number of hydrogen-bond acceptors (Lipinski definition) is 7. The molecule has 8 heteroatoms. The maximum absolute atomic E-state index is 12.7. The lowest BCUT2D eigenvalue weighted by Gasteiger charge is -2.34. The van der Waals surface area contributed by atoms with Crippen LogP contribution >= 0.6 is 0 Å². The zero-order valence-corrected chi connectivity index (χ0v) is 33.8. The van der Waals surface area contributed by atoms with E-state index in [1.54, 1.807) is 21.1 Å². The number of ether oxygens (including phenoxy) is 3. The summed E-state index contributed by atoms with van der Waals surface area (Å²) >= 11 is 0. The molecule has 0 saturated heterocycles. The van der Waals surface area contributed by atoms with Crippen molar-refractivity contribution < 1.29 is 38.2 Å². The number of carbonyl (C=O) groups is 3. The zero-order chi connectivity index (χ0) is 37.8. The molecule has 2 unspecified atom stereocenters. The van der Waals surface area contributed by atoms with Crippen molar-refractivity contribution in [2.75, 3.05) is 41.0 Å². The molecule has 0 aromatic rings. The Balaban J connectivity index is 4.42. The summed E-state index contributed by atoms with van der Waals surface area (Å²) in [5.41, 5.74) is 0. The highest BCUT2D eigenvalue weighted by atomic mass is 16.6. The summed E-state index contributed by atoms with van der Waals surface area (Å²) in [7, 11) is 5.39. The minimum atomic E-state index is -1.13. The summed E-state index contributed by atoms with van der Waals surface area (Å²) < 4.78 is 17.1. The van der Waals surface area contributed by atoms with Crippen LogP contribution in [-0.2, 0) is 28.6 Å². The van der Waals surface area contributed by atoms with E-state index in [0.29, 0.717) is 12.8 Å². The molecule has 0 radical (unpaired) electrons. The maximum atomic E-state index is 12.7. The molecule has 0 amide bonds. The molecule has 0 spiro atoms. The number of rotatable bonds is 37. The SMILES string of the molecule is CCCCCCCC/C=C/CCCCCC(=O)OCC(COCCC(C(=O)[O-])[N+](C)(C)C)OC(=O)CCCCC/C=C/CCCCCCCCC. The maximum Gasteiger partial charge on any atom is 0.306 e. The highest BCUT2D eigenvalue weighted by Crippen LogP contribution is 2.13. The number of carboxylic acid groups (broad SMARTS) is 1. The predicted molar refractivity (Wildman–Crippen MR) is 208 cm³/mol. The first kappa shape index (κ1) is 48.8. The van der Waals surface area contributed by atoms with Gasteiger partial charge in [0.2, 0.25) is 0 Å². The van der Waals surface area contributed by atoms with Gasteiger partial charge < -0.3 is 28.6 Å². The molecule has 0 heterocycles. The molecule has 51 heavy (non-hydrogen) atoms. The molecule has 298 valence electrons. The molecule has 0 bridgehead atoms. The average Bonchev–Trinajstić information content (AvgIpc) is 3.08. The first-order valence-electron chi connectivity index (χ1n) is 20.9. The van der Waals surface area contributed by atoms with Crippen molar-refractivity contribution in [1.82, 2.24) is 0 Å². The number of allylic oxidation sites excluding steroid dienone is 4. The number of unbranched alkanes of at least 4 members (excludes halogenated alkanes) is 19. The van der Waals surface area contributed by atoms with Crippen molar-refractivity contribution in [3.8, 4) is 0 Å². The molecule has 0 aliphatic rings. The monoisotopic (exact) mass is 722 g/mol. The van der Waals surface area contributed by atoms with Crippen LogP contribution in [0.1, 0.15) is 181 Å². The van der Waals surface area contributed by atoms with Gasteiger partial charge in [-0.25, -0.2) is 0 Å². The lowest BCUT2D eigenvalue weighted by molar-refractivity contribution is -0.889. The standard InChI is InChI=1S/C43H79NO7/c1-6-8-10-12-14-16-18-20-22-24-26-28-30-32-34-42(46)51-39(37-49-36-35-40(43(47)48)44(3,4)5)38-50-41(45)33-31-29-27-25-23-21-19-17-15-13-11-9-7-2/h21-24,39-40H,6-20,25-38H2,1-5H3/b23-21+,24-22+. The van der Waals surface area contributed by atoms with Crippen molar-refractivity contribution in [1.29, 1.82) is 0 Å². The lowest BCUT2D eigenvalue weighted by atomic mass is 10.1. The van der Waals surface area contributed by atoms with Crippen molar-refractivity contribution in [2.45, 2.75) is 193 Å². The van der Waals surface area contributed by atoms with Gasteiger partial charge in [0.25, 0.3) is 0 Å². The molecule has 0 fully saturated rings. The average molecular weight is 722 g/mol. The fourth-order valence-corrected chi connectivity index (χ4v) is 6.00. The second-order valence-electron chi connectivity index (χ2n) is 15.2. The first-order chi connectivity index (χ1) is 24.6. The zero-order valence-electron chi connectivity index (χ0n) is 33.8. The fourth-order valence-electron chi connectivity index (χ4n) is 6.00. The highest BCUT2D eigenvalue weighted by molar-refractivity contribution is 5.70. The molecular formula is C43H79NO7. The Hall–Kier alpha value is -2.19. The van der Waals surface area contributed by atoms with Crippen molar-refractivity contribution in [3.63, 3.8) is 0 Å². The van der Waals surface area contributed by atoms with E-state index in [9.17, 15) is 19.5 Å². The van der Waals surface area contributed by atoms with E-state index in [0.717, 1.165) is 64.2 Å². The van der Waals surface area contributed by atoms with Crippen LogP contribution < -0.4 is 5.11 Å². The smallest absolute Gasteiger partial charge is 0.306 e. The van der Waals surface area contributed by atoms with Gasteiger partial charge in [0.05, 0.1) is 40.3 Å². The summed E-state index contributed by atoms with van der Waals surface area (Å²) in [5, 5.41) is 11.6. The van der Waals surface area contributed by atoms with E-state index in [4.69, 9.17) is 14.2 Å². The molecule has 0 aliphatic carbocycles. The number of carbonyl (C=O) groups excluding carboxylic acids is 3. The van der Waals surface area contributed by atoms with Gasteiger partial charge in [0.1, 0.15) is 12.6 Å². The largest absolute Gasteiger partial charge is 0.544 e. The van der Waals surface area contributed by atoms with Gasteiger partial charge in [-0.05, 0) is 64.2 Å². The number of aliphatic carboxylic acids is 1. The van der Waals surface area contributed by atoms with Gasteiger partial charge in [-0.3, -0.25) is 9.59 Å². The molecule has 2 atom stereocenters. The van der Waals surface area contributed by atoms with E-state index in [1.807, 2.05) is 0 Å². The number of likely N-dealkylation sites (N-methyl/N-ethyl adjacent to an activating group) is 1. The minimum absolute atomic E-state index is 0.0323. The number of carboxylic acids is 1. The third kappa shape index (κ3) is 33.4. The van der Waals surface area contributed by atoms with Crippen molar-refractivity contribution in [2.24, 2.45) is 0 Å². The Labute approximate surface area is 313 Å². The Morgan fingerprint density at radius 2 is 0.980 bits per heavy atom. The van der Waals surface area contributed by atoms with Crippen molar-refractivity contribution in [3.05, 3.63) is 24.3 Å².